The molecule has 0 radical (unpaired) electrons. The Morgan fingerprint density at radius 2 is 1.51 bits per heavy atom. The summed E-state index contributed by atoms with van der Waals surface area (Å²) in [4.78, 5) is 26.3. The molecule has 0 aliphatic heterocycles. The maximum Gasteiger partial charge on any atom is 0.412 e. The van der Waals surface area contributed by atoms with E-state index in [2.05, 4.69) is 33.2 Å². The molecule has 0 saturated carbocycles. The minimum absolute atomic E-state index is 0.0973. The van der Waals surface area contributed by atoms with Crippen LogP contribution in [0.2, 0.25) is 0 Å². The predicted octanol–water partition coefficient (Wildman–Crippen LogP) is 7.66. The lowest BCUT2D eigenvalue weighted by Crippen LogP contribution is -2.30. The second-order valence-electron chi connectivity index (χ2n) is 9.51. The lowest BCUT2D eigenvalue weighted by molar-refractivity contribution is -0.112. The lowest BCUT2D eigenvalue weighted by Gasteiger charge is -2.27. The van der Waals surface area contributed by atoms with Crippen LogP contribution in [0.15, 0.2) is 127 Å². The smallest absolute Gasteiger partial charge is 0.412 e. The quantitative estimate of drug-likeness (QED) is 0.0718. The van der Waals surface area contributed by atoms with Crippen molar-refractivity contribution in [2.45, 2.75) is 12.2 Å². The van der Waals surface area contributed by atoms with Gasteiger partial charge in [0.1, 0.15) is 11.5 Å². The summed E-state index contributed by atoms with van der Waals surface area (Å²) in [6.45, 7) is 0. The van der Waals surface area contributed by atoms with Crippen LogP contribution in [0.1, 0.15) is 11.7 Å². The van der Waals surface area contributed by atoms with E-state index in [-0.39, 0.29) is 5.75 Å². The fourth-order valence-electron chi connectivity index (χ4n) is 4.48. The van der Waals surface area contributed by atoms with Crippen LogP contribution in [0.25, 0.3) is 10.8 Å². The van der Waals surface area contributed by atoms with Gasteiger partial charge in [-0.15, -0.1) is 0 Å². The van der Waals surface area contributed by atoms with E-state index in [4.69, 9.17) is 15.2 Å². The topological polar surface area (TPSA) is 123 Å². The number of halogens is 1. The van der Waals surface area contributed by atoms with Gasteiger partial charge in [0.2, 0.25) is 5.91 Å². The number of carbonyl (C=O) groups excluding carboxylic acids is 2. The van der Waals surface area contributed by atoms with Crippen molar-refractivity contribution in [3.63, 3.8) is 0 Å². The zero-order valence-electron chi connectivity index (χ0n) is 22.8. The molecule has 2 atom stereocenters. The molecule has 2 amide bonds. The Balaban J connectivity index is 1.48. The highest BCUT2D eigenvalue weighted by Gasteiger charge is 2.30. The molecular weight excluding hydrogens is 657 g/mol. The monoisotopic (exact) mass is 685 g/mol. The van der Waals surface area contributed by atoms with Gasteiger partial charge < -0.3 is 25.6 Å². The molecule has 0 spiro atoms. The third kappa shape index (κ3) is 7.63. The first-order chi connectivity index (χ1) is 20.9. The Morgan fingerprint density at radius 3 is 2.33 bits per heavy atom. The van der Waals surface area contributed by atoms with E-state index >= 15 is 0 Å². The molecule has 0 aliphatic rings. The van der Waals surface area contributed by atoms with Crippen LogP contribution in [0.4, 0.5) is 21.9 Å². The molecule has 0 fully saturated rings. The highest BCUT2D eigenvalue weighted by atomic mass is 127. The van der Waals surface area contributed by atoms with Crippen LogP contribution in [-0.4, -0.2) is 23.2 Å². The van der Waals surface area contributed by atoms with Crippen LogP contribution >= 0.6 is 22.6 Å². The Kier molecular flexibility index (Phi) is 9.42. The molecule has 0 unspecified atom stereocenters. The Labute approximate surface area is 262 Å². The van der Waals surface area contributed by atoms with Crippen LogP contribution in [0.5, 0.6) is 11.5 Å². The standard InChI is InChI=1S/C34H28IN3O5/c35-23-17-18-30(39)26(21-23)33(43-34(41)38-28-16-8-10-22-9-4-5-13-25(22)28)31(42-24-11-2-1-3-12-24)19-20-32(40)37-29-15-7-6-14-27(29)36/h1-21,31,33,39H,36H2,(H,37,40)(H,38,41)/b20-19+/t31-,33-/m0/s1. The third-order valence-corrected chi connectivity index (χ3v) is 7.20. The SMILES string of the molecule is Nc1ccccc1NC(=O)/C=C/[C@H](Oc1ccccc1)[C@@H](OC(=O)Nc1cccc2ccccc12)c1cc(I)ccc1O. The summed E-state index contributed by atoms with van der Waals surface area (Å²) in [6, 6.07) is 34.0. The van der Waals surface area contributed by atoms with Gasteiger partial charge in [0.25, 0.3) is 0 Å². The first-order valence-electron chi connectivity index (χ1n) is 13.4. The van der Waals surface area contributed by atoms with Gasteiger partial charge in [0.15, 0.2) is 12.2 Å². The van der Waals surface area contributed by atoms with E-state index in [1.165, 1.54) is 18.2 Å². The van der Waals surface area contributed by atoms with Gasteiger partial charge >= 0.3 is 6.09 Å². The Hall–Kier alpha value is -5.03. The van der Waals surface area contributed by atoms with E-state index in [1.54, 1.807) is 66.7 Å². The number of aromatic hydroxyl groups is 1. The molecule has 5 rings (SSSR count). The van der Waals surface area contributed by atoms with Crippen molar-refractivity contribution in [3.05, 3.63) is 137 Å². The summed E-state index contributed by atoms with van der Waals surface area (Å²) in [5.74, 6) is -0.0941. The molecule has 43 heavy (non-hydrogen) atoms. The van der Waals surface area contributed by atoms with Crippen molar-refractivity contribution >= 4 is 62.4 Å². The van der Waals surface area contributed by atoms with Gasteiger partial charge in [-0.3, -0.25) is 10.1 Å². The summed E-state index contributed by atoms with van der Waals surface area (Å²) < 4.78 is 13.0. The number of para-hydroxylation sites is 3. The molecule has 5 aromatic carbocycles. The number of nitrogens with one attached hydrogen (secondary N) is 2. The van der Waals surface area contributed by atoms with Crippen LogP contribution in [0.3, 0.4) is 0 Å². The first kappa shape index (κ1) is 29.5. The van der Waals surface area contributed by atoms with E-state index in [0.29, 0.717) is 28.4 Å². The Morgan fingerprint density at radius 1 is 0.814 bits per heavy atom. The molecule has 216 valence electrons. The van der Waals surface area contributed by atoms with Crippen molar-refractivity contribution in [1.29, 1.82) is 0 Å². The number of rotatable bonds is 9. The average Bonchev–Trinajstić information content (AvgIpc) is 3.01. The molecular formula is C34H28IN3O5. The summed E-state index contributed by atoms with van der Waals surface area (Å²) in [5.41, 5.74) is 7.71. The molecule has 0 bridgehead atoms. The first-order valence-corrected chi connectivity index (χ1v) is 14.4. The molecule has 0 saturated heterocycles. The number of fused-ring (bicyclic) bond motifs is 1. The van der Waals surface area contributed by atoms with Gasteiger partial charge in [0.05, 0.1) is 17.1 Å². The Bertz CT molecular complexity index is 1770. The minimum atomic E-state index is -1.16. The molecule has 0 heterocycles. The summed E-state index contributed by atoms with van der Waals surface area (Å²) in [7, 11) is 0. The van der Waals surface area contributed by atoms with Crippen LogP contribution in [0, 0.1) is 3.57 Å². The summed E-state index contributed by atoms with van der Waals surface area (Å²) in [6.07, 6.45) is -0.184. The van der Waals surface area contributed by atoms with E-state index < -0.39 is 24.2 Å². The van der Waals surface area contributed by atoms with E-state index in [1.807, 2.05) is 42.5 Å². The number of amides is 2. The van der Waals surface area contributed by atoms with Crippen LogP contribution < -0.4 is 21.1 Å². The van der Waals surface area contributed by atoms with Crippen molar-refractivity contribution in [3.8, 4) is 11.5 Å². The number of carbonyl (C=O) groups is 2. The maximum atomic E-state index is 13.4. The number of hydrogen-bond donors (Lipinski definition) is 4. The summed E-state index contributed by atoms with van der Waals surface area (Å²) in [5, 5.41) is 18.2. The summed E-state index contributed by atoms with van der Waals surface area (Å²) >= 11 is 2.11. The second kappa shape index (κ2) is 13.8. The zero-order valence-corrected chi connectivity index (χ0v) is 25.0. The highest BCUT2D eigenvalue weighted by molar-refractivity contribution is 14.1. The number of anilines is 3. The number of nitrogens with two attached hydrogens (primary N) is 1. The van der Waals surface area contributed by atoms with E-state index in [9.17, 15) is 14.7 Å². The fraction of sp³-hybridized carbons (Fsp3) is 0.0588. The third-order valence-electron chi connectivity index (χ3n) is 6.53. The molecule has 9 heteroatoms. The number of benzene rings is 5. The number of nitrogen functional groups attached to an aromatic ring is 1. The van der Waals surface area contributed by atoms with Gasteiger partial charge in [0, 0.05) is 20.6 Å². The highest BCUT2D eigenvalue weighted by Crippen LogP contribution is 2.34. The van der Waals surface area contributed by atoms with Crippen molar-refractivity contribution in [2.24, 2.45) is 0 Å². The number of phenols is 1. The second-order valence-corrected chi connectivity index (χ2v) is 10.8. The zero-order chi connectivity index (χ0) is 30.2. The largest absolute Gasteiger partial charge is 0.508 e. The molecule has 8 nitrogen and oxygen atoms in total. The van der Waals surface area contributed by atoms with Gasteiger partial charge in [-0.05, 0) is 82.6 Å². The predicted molar refractivity (Wildman–Crippen MR) is 177 cm³/mol. The van der Waals surface area contributed by atoms with E-state index in [0.717, 1.165) is 14.3 Å². The molecule has 0 aliphatic carbocycles. The van der Waals surface area contributed by atoms with Crippen molar-refractivity contribution < 1.29 is 24.2 Å². The molecule has 5 N–H and O–H groups in total. The van der Waals surface area contributed by atoms with Gasteiger partial charge in [-0.1, -0.05) is 66.7 Å². The van der Waals surface area contributed by atoms with Crippen molar-refractivity contribution in [2.75, 3.05) is 16.4 Å². The number of ether oxygens (including phenoxy) is 2. The van der Waals surface area contributed by atoms with Crippen molar-refractivity contribution in [1.82, 2.24) is 0 Å². The molecule has 0 aromatic heterocycles. The number of hydrogen-bond acceptors (Lipinski definition) is 6. The maximum absolute atomic E-state index is 13.4. The normalized spacial score (nSPS) is 12.4. The van der Waals surface area contributed by atoms with Gasteiger partial charge in [-0.25, -0.2) is 4.79 Å². The molecule has 5 aromatic rings. The van der Waals surface area contributed by atoms with Gasteiger partial charge in [-0.2, -0.15) is 0 Å². The fourth-order valence-corrected chi connectivity index (χ4v) is 4.99. The number of phenolic OH excluding ortho intramolecular Hbond substituents is 1. The van der Waals surface area contributed by atoms with Crippen LogP contribution in [-0.2, 0) is 9.53 Å². The minimum Gasteiger partial charge on any atom is -0.508 e. The average molecular weight is 686 g/mol. The lowest BCUT2D eigenvalue weighted by atomic mass is 10.0.